The van der Waals surface area contributed by atoms with Crippen LogP contribution < -0.4 is 15.4 Å². The Labute approximate surface area is 164 Å². The molecule has 0 spiro atoms. The molecule has 138 valence electrons. The Bertz CT molecular complexity index is 884. The van der Waals surface area contributed by atoms with Crippen molar-refractivity contribution in [2.75, 3.05) is 23.8 Å². The van der Waals surface area contributed by atoms with Gasteiger partial charge in [-0.2, -0.15) is 0 Å². The molecular formula is C22H21ClN2O2. The standard InChI is InChI=1S/C22H21ClN2O2/c23-18-8-4-10-20(14-18)25-22(26)16-24-19-9-5-11-21(15-19)27-13-12-17-6-2-1-3-7-17/h1-11,14-15,24H,12-13,16H2,(H,25,26). The third kappa shape index (κ3) is 6.35. The van der Waals surface area contributed by atoms with Gasteiger partial charge in [-0.05, 0) is 35.9 Å². The highest BCUT2D eigenvalue weighted by molar-refractivity contribution is 6.30. The van der Waals surface area contributed by atoms with Gasteiger partial charge in [-0.1, -0.05) is 54.1 Å². The van der Waals surface area contributed by atoms with Gasteiger partial charge in [0.2, 0.25) is 5.91 Å². The van der Waals surface area contributed by atoms with Crippen LogP contribution in [0.2, 0.25) is 5.02 Å². The molecule has 0 aliphatic heterocycles. The predicted molar refractivity (Wildman–Crippen MR) is 111 cm³/mol. The van der Waals surface area contributed by atoms with Crippen LogP contribution in [0, 0.1) is 0 Å². The van der Waals surface area contributed by atoms with Gasteiger partial charge >= 0.3 is 0 Å². The first-order valence-electron chi connectivity index (χ1n) is 8.75. The number of halogens is 1. The summed E-state index contributed by atoms with van der Waals surface area (Å²) in [5.74, 6) is 0.624. The van der Waals surface area contributed by atoms with Crippen molar-refractivity contribution < 1.29 is 9.53 Å². The van der Waals surface area contributed by atoms with E-state index in [0.717, 1.165) is 17.9 Å². The molecule has 0 aromatic heterocycles. The molecule has 0 atom stereocenters. The lowest BCUT2D eigenvalue weighted by Crippen LogP contribution is -2.21. The van der Waals surface area contributed by atoms with E-state index in [4.69, 9.17) is 16.3 Å². The number of anilines is 2. The number of carbonyl (C=O) groups is 1. The van der Waals surface area contributed by atoms with Crippen molar-refractivity contribution in [3.63, 3.8) is 0 Å². The number of amides is 1. The summed E-state index contributed by atoms with van der Waals surface area (Å²) in [5.41, 5.74) is 2.74. The Morgan fingerprint density at radius 3 is 2.48 bits per heavy atom. The smallest absolute Gasteiger partial charge is 0.243 e. The second kappa shape index (κ2) is 9.64. The molecular weight excluding hydrogens is 360 g/mol. The lowest BCUT2D eigenvalue weighted by atomic mass is 10.2. The summed E-state index contributed by atoms with van der Waals surface area (Å²) >= 11 is 5.92. The summed E-state index contributed by atoms with van der Waals surface area (Å²) in [7, 11) is 0. The molecule has 0 heterocycles. The Kier molecular flexibility index (Phi) is 6.72. The number of ether oxygens (including phenoxy) is 1. The summed E-state index contributed by atoms with van der Waals surface area (Å²) in [6.07, 6.45) is 0.848. The number of nitrogens with one attached hydrogen (secondary N) is 2. The van der Waals surface area contributed by atoms with Crippen molar-refractivity contribution >= 4 is 28.9 Å². The van der Waals surface area contributed by atoms with E-state index in [2.05, 4.69) is 22.8 Å². The van der Waals surface area contributed by atoms with E-state index >= 15 is 0 Å². The van der Waals surface area contributed by atoms with E-state index in [-0.39, 0.29) is 12.5 Å². The van der Waals surface area contributed by atoms with Crippen LogP contribution in [0.1, 0.15) is 5.56 Å². The molecule has 3 aromatic carbocycles. The number of carbonyl (C=O) groups excluding carboxylic acids is 1. The molecule has 3 aromatic rings. The van der Waals surface area contributed by atoms with Gasteiger partial charge in [-0.15, -0.1) is 0 Å². The van der Waals surface area contributed by atoms with E-state index in [0.29, 0.717) is 17.3 Å². The molecule has 0 unspecified atom stereocenters. The van der Waals surface area contributed by atoms with Crippen LogP contribution in [-0.2, 0) is 11.2 Å². The highest BCUT2D eigenvalue weighted by Crippen LogP contribution is 2.18. The van der Waals surface area contributed by atoms with Crippen LogP contribution in [0.3, 0.4) is 0 Å². The Balaban J connectivity index is 1.46. The van der Waals surface area contributed by atoms with Gasteiger partial charge in [-0.25, -0.2) is 0 Å². The van der Waals surface area contributed by atoms with Crippen molar-refractivity contribution in [3.8, 4) is 5.75 Å². The van der Waals surface area contributed by atoms with E-state index in [1.165, 1.54) is 5.56 Å². The van der Waals surface area contributed by atoms with Gasteiger partial charge in [-0.3, -0.25) is 4.79 Å². The second-order valence-electron chi connectivity index (χ2n) is 6.02. The summed E-state index contributed by atoms with van der Waals surface area (Å²) in [6.45, 7) is 0.753. The molecule has 3 rings (SSSR count). The molecule has 0 aliphatic rings. The van der Waals surface area contributed by atoms with Crippen molar-refractivity contribution in [1.82, 2.24) is 0 Å². The largest absolute Gasteiger partial charge is 0.493 e. The van der Waals surface area contributed by atoms with Crippen LogP contribution in [0.25, 0.3) is 0 Å². The molecule has 0 fully saturated rings. The number of hydrogen-bond donors (Lipinski definition) is 2. The minimum absolute atomic E-state index is 0.146. The number of benzene rings is 3. The molecule has 0 saturated carbocycles. The van der Waals surface area contributed by atoms with Crippen molar-refractivity contribution in [3.05, 3.63) is 89.4 Å². The SMILES string of the molecule is O=C(CNc1cccc(OCCc2ccccc2)c1)Nc1cccc(Cl)c1. The van der Waals surface area contributed by atoms with Gasteiger partial charge in [0.1, 0.15) is 5.75 Å². The zero-order valence-corrected chi connectivity index (χ0v) is 15.6. The Morgan fingerprint density at radius 1 is 0.889 bits per heavy atom. The summed E-state index contributed by atoms with van der Waals surface area (Å²) in [4.78, 5) is 12.1. The minimum Gasteiger partial charge on any atom is -0.493 e. The highest BCUT2D eigenvalue weighted by atomic mass is 35.5. The van der Waals surface area contributed by atoms with E-state index in [1.807, 2.05) is 42.5 Å². The summed E-state index contributed by atoms with van der Waals surface area (Å²) in [5, 5.41) is 6.49. The first-order chi connectivity index (χ1) is 13.2. The zero-order valence-electron chi connectivity index (χ0n) is 14.8. The maximum Gasteiger partial charge on any atom is 0.243 e. The van der Waals surface area contributed by atoms with Gasteiger partial charge in [0, 0.05) is 28.9 Å². The molecule has 0 radical (unpaired) electrons. The van der Waals surface area contributed by atoms with Crippen molar-refractivity contribution in [2.24, 2.45) is 0 Å². The Hall–Kier alpha value is -2.98. The van der Waals surface area contributed by atoms with Gasteiger partial charge in [0.25, 0.3) is 0 Å². The molecule has 4 nitrogen and oxygen atoms in total. The van der Waals surface area contributed by atoms with Crippen LogP contribution in [0.15, 0.2) is 78.9 Å². The molecule has 2 N–H and O–H groups in total. The first-order valence-corrected chi connectivity index (χ1v) is 9.13. The van der Waals surface area contributed by atoms with Crippen LogP contribution in [0.5, 0.6) is 5.75 Å². The number of hydrogen-bond acceptors (Lipinski definition) is 3. The van der Waals surface area contributed by atoms with Crippen molar-refractivity contribution in [1.29, 1.82) is 0 Å². The molecule has 0 aliphatic carbocycles. The van der Waals surface area contributed by atoms with E-state index < -0.39 is 0 Å². The summed E-state index contributed by atoms with van der Waals surface area (Å²) in [6, 6.07) is 24.9. The van der Waals surface area contributed by atoms with Crippen LogP contribution in [0.4, 0.5) is 11.4 Å². The van der Waals surface area contributed by atoms with Crippen molar-refractivity contribution in [2.45, 2.75) is 6.42 Å². The third-order valence-corrected chi connectivity index (χ3v) is 4.13. The fourth-order valence-corrected chi connectivity index (χ4v) is 2.77. The molecule has 0 saturated heterocycles. The van der Waals surface area contributed by atoms with E-state index in [1.54, 1.807) is 24.3 Å². The fraction of sp³-hybridized carbons (Fsp3) is 0.136. The third-order valence-electron chi connectivity index (χ3n) is 3.90. The average molecular weight is 381 g/mol. The second-order valence-corrected chi connectivity index (χ2v) is 6.46. The van der Waals surface area contributed by atoms with Gasteiger partial charge in [0.05, 0.1) is 13.2 Å². The van der Waals surface area contributed by atoms with Crippen LogP contribution >= 0.6 is 11.6 Å². The van der Waals surface area contributed by atoms with Gasteiger partial charge in [0.15, 0.2) is 0 Å². The van der Waals surface area contributed by atoms with E-state index in [9.17, 15) is 4.79 Å². The average Bonchev–Trinajstić information content (AvgIpc) is 2.68. The Morgan fingerprint density at radius 2 is 1.67 bits per heavy atom. The fourth-order valence-electron chi connectivity index (χ4n) is 2.58. The van der Waals surface area contributed by atoms with Crippen LogP contribution in [-0.4, -0.2) is 19.1 Å². The highest BCUT2D eigenvalue weighted by Gasteiger charge is 2.04. The summed E-state index contributed by atoms with van der Waals surface area (Å²) < 4.78 is 5.81. The molecule has 27 heavy (non-hydrogen) atoms. The number of rotatable bonds is 8. The monoisotopic (exact) mass is 380 g/mol. The minimum atomic E-state index is -0.146. The molecule has 0 bridgehead atoms. The lowest BCUT2D eigenvalue weighted by Gasteiger charge is -2.10. The molecule has 1 amide bonds. The topological polar surface area (TPSA) is 50.4 Å². The lowest BCUT2D eigenvalue weighted by molar-refractivity contribution is -0.114. The normalized spacial score (nSPS) is 10.3. The first kappa shape index (κ1) is 18.8. The predicted octanol–water partition coefficient (Wildman–Crippen LogP) is 5.01. The zero-order chi connectivity index (χ0) is 18.9. The maximum atomic E-state index is 12.1. The maximum absolute atomic E-state index is 12.1. The quantitative estimate of drug-likeness (QED) is 0.577. The van der Waals surface area contributed by atoms with Gasteiger partial charge < -0.3 is 15.4 Å². The molecule has 5 heteroatoms.